The maximum atomic E-state index is 11.3. The second-order valence-electron chi connectivity index (χ2n) is 5.06. The van der Waals surface area contributed by atoms with E-state index in [1.54, 1.807) is 18.2 Å². The number of carbonyl (C=O) groups is 1. The van der Waals surface area contributed by atoms with Crippen molar-refractivity contribution in [1.82, 2.24) is 4.98 Å². The molecule has 0 amide bonds. The summed E-state index contributed by atoms with van der Waals surface area (Å²) in [5.74, 6) is -0.815. The quantitative estimate of drug-likeness (QED) is 0.527. The minimum atomic E-state index is -0.919. The molecule has 0 aliphatic heterocycles. The molecule has 0 saturated heterocycles. The van der Waals surface area contributed by atoms with Gasteiger partial charge in [-0.2, -0.15) is 0 Å². The number of carboxylic acid groups (broad SMARTS) is 1. The van der Waals surface area contributed by atoms with Crippen molar-refractivity contribution in [1.29, 1.82) is 0 Å². The Kier molecular flexibility index (Phi) is 5.03. The third-order valence-corrected chi connectivity index (χ3v) is 5.61. The molecule has 2 N–H and O–H groups in total. The van der Waals surface area contributed by atoms with Gasteiger partial charge in [0, 0.05) is 0 Å². The van der Waals surface area contributed by atoms with Gasteiger partial charge in [-0.3, -0.25) is 4.79 Å². The van der Waals surface area contributed by atoms with Gasteiger partial charge in [0.25, 0.3) is 0 Å². The van der Waals surface area contributed by atoms with Crippen LogP contribution in [0.5, 0.6) is 5.75 Å². The summed E-state index contributed by atoms with van der Waals surface area (Å²) in [7, 11) is 0. The molecule has 0 spiro atoms. The average molecular weight is 469 g/mol. The molecule has 2 aromatic carbocycles. The van der Waals surface area contributed by atoms with E-state index in [1.807, 2.05) is 24.3 Å². The number of aromatic hydroxyl groups is 1. The summed E-state index contributed by atoms with van der Waals surface area (Å²) in [6.45, 7) is 0. The van der Waals surface area contributed by atoms with Crippen molar-refractivity contribution in [2.45, 2.75) is 6.42 Å². The van der Waals surface area contributed by atoms with Gasteiger partial charge in [-0.1, -0.05) is 12.1 Å². The number of rotatable bonds is 4. The highest BCUT2D eigenvalue weighted by Gasteiger charge is 2.13. The maximum Gasteiger partial charge on any atom is 0.307 e. The molecule has 122 valence electrons. The van der Waals surface area contributed by atoms with Gasteiger partial charge in [0.1, 0.15) is 10.8 Å². The lowest BCUT2D eigenvalue weighted by Gasteiger charge is -2.05. The number of thiazole rings is 1. The molecule has 0 unspecified atom stereocenters. The van der Waals surface area contributed by atoms with Crippen LogP contribution in [-0.4, -0.2) is 21.2 Å². The minimum absolute atomic E-state index is 0.104. The molecule has 0 fully saturated rings. The molecule has 4 nitrogen and oxygen atoms in total. The second-order valence-corrected chi connectivity index (χ2v) is 7.80. The molecule has 3 rings (SSSR count). The van der Waals surface area contributed by atoms with Crippen LogP contribution in [0.15, 0.2) is 45.3 Å². The molecule has 7 heteroatoms. The lowest BCUT2D eigenvalue weighted by atomic mass is 10.1. The Morgan fingerprint density at radius 3 is 2.50 bits per heavy atom. The summed E-state index contributed by atoms with van der Waals surface area (Å²) in [6.07, 6.45) is 1.65. The Morgan fingerprint density at radius 1 is 1.21 bits per heavy atom. The number of halogens is 2. The lowest BCUT2D eigenvalue weighted by Crippen LogP contribution is -1.97. The predicted molar refractivity (Wildman–Crippen MR) is 103 cm³/mol. The van der Waals surface area contributed by atoms with Crippen molar-refractivity contribution in [2.24, 2.45) is 0 Å². The van der Waals surface area contributed by atoms with E-state index >= 15 is 0 Å². The maximum absolute atomic E-state index is 11.3. The fourth-order valence-electron chi connectivity index (χ4n) is 2.23. The number of hydrogen-bond donors (Lipinski definition) is 2. The van der Waals surface area contributed by atoms with Gasteiger partial charge in [0.05, 0.1) is 25.6 Å². The number of benzene rings is 2. The molecular weight excluding hydrogens is 458 g/mol. The van der Waals surface area contributed by atoms with Gasteiger partial charge in [-0.05, 0) is 73.3 Å². The van der Waals surface area contributed by atoms with Crippen molar-refractivity contribution in [3.05, 3.63) is 55.9 Å². The Hall–Kier alpha value is -1.70. The third-order valence-electron chi connectivity index (χ3n) is 3.29. The zero-order valence-corrected chi connectivity index (χ0v) is 16.2. The molecule has 1 aromatic heterocycles. The zero-order chi connectivity index (χ0) is 17.3. The lowest BCUT2D eigenvalue weighted by molar-refractivity contribution is -0.135. The van der Waals surface area contributed by atoms with Gasteiger partial charge < -0.3 is 10.2 Å². The number of fused-ring (bicyclic) bond motifs is 1. The van der Waals surface area contributed by atoms with E-state index in [1.165, 1.54) is 11.3 Å². The minimum Gasteiger partial charge on any atom is -0.506 e. The number of carboxylic acids is 1. The van der Waals surface area contributed by atoms with E-state index < -0.39 is 5.97 Å². The molecule has 0 aliphatic carbocycles. The number of phenolic OH excluding ortho intramolecular Hbond substituents is 1. The van der Waals surface area contributed by atoms with Gasteiger partial charge in [-0.15, -0.1) is 11.3 Å². The number of aliphatic carboxylic acids is 1. The fraction of sp³-hybridized carbons (Fsp3) is 0.0588. The van der Waals surface area contributed by atoms with Crippen LogP contribution in [0, 0.1) is 0 Å². The van der Waals surface area contributed by atoms with Crippen LogP contribution >= 0.6 is 43.2 Å². The van der Waals surface area contributed by atoms with E-state index in [0.29, 0.717) is 19.5 Å². The van der Waals surface area contributed by atoms with Crippen LogP contribution in [0.2, 0.25) is 0 Å². The number of nitrogens with zero attached hydrogens (tertiary/aromatic N) is 1. The summed E-state index contributed by atoms with van der Waals surface area (Å²) in [5, 5.41) is 19.7. The topological polar surface area (TPSA) is 70.4 Å². The fourth-order valence-corrected chi connectivity index (χ4v) is 4.43. The van der Waals surface area contributed by atoms with Crippen LogP contribution in [-0.2, 0) is 4.79 Å². The monoisotopic (exact) mass is 467 g/mol. The Labute approximate surface area is 158 Å². The van der Waals surface area contributed by atoms with E-state index in [0.717, 1.165) is 15.8 Å². The Balaban J connectivity index is 2.10. The summed E-state index contributed by atoms with van der Waals surface area (Å²) in [6, 6.07) is 11.2. The van der Waals surface area contributed by atoms with Gasteiger partial charge in [0.15, 0.2) is 0 Å². The van der Waals surface area contributed by atoms with Crippen molar-refractivity contribution in [2.75, 3.05) is 0 Å². The zero-order valence-electron chi connectivity index (χ0n) is 12.2. The Bertz CT molecular complexity index is 909. The highest BCUT2D eigenvalue weighted by atomic mass is 79.9. The first-order valence-corrected chi connectivity index (χ1v) is 9.30. The van der Waals surface area contributed by atoms with Crippen molar-refractivity contribution >= 4 is 71.0 Å². The molecule has 3 aromatic rings. The first kappa shape index (κ1) is 17.1. The first-order valence-electron chi connectivity index (χ1n) is 6.90. The van der Waals surface area contributed by atoms with Gasteiger partial charge in [0.2, 0.25) is 0 Å². The highest BCUT2D eigenvalue weighted by molar-refractivity contribution is 9.11. The van der Waals surface area contributed by atoms with Crippen molar-refractivity contribution in [3.8, 4) is 5.75 Å². The van der Waals surface area contributed by atoms with Crippen molar-refractivity contribution in [3.63, 3.8) is 0 Å². The van der Waals surface area contributed by atoms with Gasteiger partial charge in [-0.25, -0.2) is 4.98 Å². The molecule has 0 radical (unpaired) electrons. The highest BCUT2D eigenvalue weighted by Crippen LogP contribution is 2.36. The van der Waals surface area contributed by atoms with Crippen molar-refractivity contribution < 1.29 is 15.0 Å². The molecular formula is C17H11Br2NO3S. The van der Waals surface area contributed by atoms with E-state index in [-0.39, 0.29) is 12.2 Å². The van der Waals surface area contributed by atoms with E-state index in [2.05, 4.69) is 36.8 Å². The summed E-state index contributed by atoms with van der Waals surface area (Å²) >= 11 is 8.03. The largest absolute Gasteiger partial charge is 0.506 e. The van der Waals surface area contributed by atoms with Crippen LogP contribution in [0.1, 0.15) is 17.0 Å². The van der Waals surface area contributed by atoms with Crippen LogP contribution in [0.25, 0.3) is 21.9 Å². The second kappa shape index (κ2) is 7.04. The van der Waals surface area contributed by atoms with E-state index in [9.17, 15) is 15.0 Å². The smallest absolute Gasteiger partial charge is 0.307 e. The van der Waals surface area contributed by atoms with Crippen LogP contribution in [0.3, 0.4) is 0 Å². The van der Waals surface area contributed by atoms with Crippen LogP contribution in [0.4, 0.5) is 0 Å². The molecule has 0 saturated carbocycles. The summed E-state index contributed by atoms with van der Waals surface area (Å²) in [4.78, 5) is 15.8. The SMILES string of the molecule is O=C(O)CC(=Cc1cc(Br)c(O)c(Br)c1)c1nc2ccccc2s1. The van der Waals surface area contributed by atoms with Crippen LogP contribution < -0.4 is 0 Å². The third kappa shape index (κ3) is 3.68. The van der Waals surface area contributed by atoms with E-state index in [4.69, 9.17) is 0 Å². The summed E-state index contributed by atoms with van der Waals surface area (Å²) < 4.78 is 2.07. The molecule has 0 atom stereocenters. The molecule has 1 heterocycles. The standard InChI is InChI=1S/C17H11Br2NO3S/c18-11-6-9(7-12(19)16(11)23)5-10(8-15(21)22)17-20-13-3-1-2-4-14(13)24-17/h1-7,23H,8H2,(H,21,22). The number of hydrogen-bond acceptors (Lipinski definition) is 4. The number of aromatic nitrogens is 1. The molecule has 24 heavy (non-hydrogen) atoms. The number of para-hydroxylation sites is 1. The first-order chi connectivity index (χ1) is 11.4. The average Bonchev–Trinajstić information content (AvgIpc) is 2.95. The van der Waals surface area contributed by atoms with Gasteiger partial charge >= 0.3 is 5.97 Å². The molecule has 0 aliphatic rings. The number of phenols is 1. The molecule has 0 bridgehead atoms. The predicted octanol–water partition coefficient (Wildman–Crippen LogP) is 5.54. The normalized spacial score (nSPS) is 11.8. The Morgan fingerprint density at radius 2 is 1.88 bits per heavy atom. The summed E-state index contributed by atoms with van der Waals surface area (Å²) in [5.41, 5.74) is 2.23.